The van der Waals surface area contributed by atoms with Crippen LogP contribution in [0.4, 0.5) is 38.0 Å². The van der Waals surface area contributed by atoms with Crippen LogP contribution < -0.4 is 21.5 Å². The standard InChI is InChI=1S/C18H15F6N7O2/c19-17(20,21)7-33-10-3-1-9(2-4-10)6-27-15(32)11-5-12(14(26)29-13(11)25)31-8-28-16(30-31)18(22,23)24/h1-5,8H,6-7H2,(H,27,32)(H4,25,26,29). The number of pyridine rings is 1. The van der Waals surface area contributed by atoms with Crippen LogP contribution in [-0.2, 0) is 12.7 Å². The Balaban J connectivity index is 1.71. The number of amides is 1. The zero-order valence-corrected chi connectivity index (χ0v) is 16.4. The molecule has 0 bridgehead atoms. The fraction of sp³-hybridized carbons (Fsp3) is 0.222. The summed E-state index contributed by atoms with van der Waals surface area (Å²) in [7, 11) is 0. The summed E-state index contributed by atoms with van der Waals surface area (Å²) in [6.45, 7) is -1.48. The number of nitrogens with one attached hydrogen (secondary N) is 1. The molecule has 0 aliphatic rings. The highest BCUT2D eigenvalue weighted by Crippen LogP contribution is 2.27. The van der Waals surface area contributed by atoms with Crippen LogP contribution in [-0.4, -0.2) is 38.4 Å². The number of anilines is 2. The van der Waals surface area contributed by atoms with Gasteiger partial charge in [0, 0.05) is 6.54 Å². The molecule has 0 saturated carbocycles. The van der Waals surface area contributed by atoms with E-state index in [-0.39, 0.29) is 35.2 Å². The average molecular weight is 475 g/mol. The lowest BCUT2D eigenvalue weighted by molar-refractivity contribution is -0.153. The first-order valence-electron chi connectivity index (χ1n) is 8.95. The van der Waals surface area contributed by atoms with E-state index in [9.17, 15) is 31.1 Å². The second kappa shape index (κ2) is 8.84. The molecule has 5 N–H and O–H groups in total. The zero-order chi connectivity index (χ0) is 24.4. The maximum atomic E-state index is 12.7. The van der Waals surface area contributed by atoms with E-state index in [1.807, 2.05) is 0 Å². The number of hydrogen-bond acceptors (Lipinski definition) is 7. The highest BCUT2D eigenvalue weighted by molar-refractivity contribution is 5.99. The van der Waals surface area contributed by atoms with Crippen LogP contribution in [0, 0.1) is 0 Å². The van der Waals surface area contributed by atoms with Crippen LogP contribution in [0.5, 0.6) is 5.75 Å². The molecule has 0 radical (unpaired) electrons. The SMILES string of the molecule is Nc1nc(N)c(-n2cnc(C(F)(F)F)n2)cc1C(=O)NCc1ccc(OCC(F)(F)F)cc1. The van der Waals surface area contributed by atoms with E-state index < -0.39 is 30.7 Å². The minimum atomic E-state index is -4.78. The van der Waals surface area contributed by atoms with Crippen molar-refractivity contribution in [3.63, 3.8) is 0 Å². The molecular weight excluding hydrogens is 460 g/mol. The molecule has 1 amide bonds. The Labute approximate surface area is 181 Å². The number of carbonyl (C=O) groups is 1. The monoisotopic (exact) mass is 475 g/mol. The smallest absolute Gasteiger partial charge is 0.453 e. The molecule has 3 aromatic rings. The van der Waals surface area contributed by atoms with Gasteiger partial charge >= 0.3 is 12.4 Å². The largest absolute Gasteiger partial charge is 0.484 e. The summed E-state index contributed by atoms with van der Waals surface area (Å²) in [5.41, 5.74) is 11.6. The Morgan fingerprint density at radius 2 is 1.73 bits per heavy atom. The number of nitrogens with two attached hydrogens (primary N) is 2. The van der Waals surface area contributed by atoms with Crippen molar-refractivity contribution >= 4 is 17.5 Å². The van der Waals surface area contributed by atoms with Crippen LogP contribution in [0.1, 0.15) is 21.7 Å². The molecule has 3 rings (SSSR count). The number of nitrogen functional groups attached to an aromatic ring is 2. The number of carbonyl (C=O) groups excluding carboxylic acids is 1. The van der Waals surface area contributed by atoms with Crippen molar-refractivity contribution in [1.82, 2.24) is 25.1 Å². The number of alkyl halides is 6. The first kappa shape index (κ1) is 23.6. The maximum Gasteiger partial charge on any atom is 0.453 e. The van der Waals surface area contributed by atoms with Crippen molar-refractivity contribution in [2.45, 2.75) is 18.9 Å². The van der Waals surface area contributed by atoms with Crippen LogP contribution in [0.25, 0.3) is 5.69 Å². The molecule has 2 heterocycles. The molecule has 0 unspecified atom stereocenters. The number of halogens is 6. The third kappa shape index (κ3) is 6.02. The fourth-order valence-corrected chi connectivity index (χ4v) is 2.55. The summed E-state index contributed by atoms with van der Waals surface area (Å²) >= 11 is 0. The van der Waals surface area contributed by atoms with E-state index in [4.69, 9.17) is 11.5 Å². The van der Waals surface area contributed by atoms with Gasteiger partial charge < -0.3 is 21.5 Å². The van der Waals surface area contributed by atoms with Crippen molar-refractivity contribution in [3.8, 4) is 11.4 Å². The average Bonchev–Trinajstić information content (AvgIpc) is 3.21. The minimum Gasteiger partial charge on any atom is -0.484 e. The van der Waals surface area contributed by atoms with Crippen molar-refractivity contribution in [2.24, 2.45) is 0 Å². The fourth-order valence-electron chi connectivity index (χ4n) is 2.55. The molecule has 0 spiro atoms. The lowest BCUT2D eigenvalue weighted by Gasteiger charge is -2.12. The number of ether oxygens (including phenoxy) is 1. The summed E-state index contributed by atoms with van der Waals surface area (Å²) in [6.07, 6.45) is -8.50. The van der Waals surface area contributed by atoms with Gasteiger partial charge in [-0.1, -0.05) is 12.1 Å². The van der Waals surface area contributed by atoms with Gasteiger partial charge in [-0.3, -0.25) is 4.79 Å². The predicted octanol–water partition coefficient (Wildman–Crippen LogP) is 2.72. The lowest BCUT2D eigenvalue weighted by atomic mass is 10.2. The second-order valence-electron chi connectivity index (χ2n) is 6.57. The van der Waals surface area contributed by atoms with Gasteiger partial charge in [-0.05, 0) is 23.8 Å². The van der Waals surface area contributed by atoms with Crippen molar-refractivity contribution < 1.29 is 35.9 Å². The molecule has 9 nitrogen and oxygen atoms in total. The van der Waals surface area contributed by atoms with Gasteiger partial charge in [-0.25, -0.2) is 14.6 Å². The van der Waals surface area contributed by atoms with Crippen LogP contribution >= 0.6 is 0 Å². The molecule has 0 aliphatic carbocycles. The predicted molar refractivity (Wildman–Crippen MR) is 102 cm³/mol. The molecule has 2 aromatic heterocycles. The van der Waals surface area contributed by atoms with E-state index in [0.717, 1.165) is 12.4 Å². The van der Waals surface area contributed by atoms with Gasteiger partial charge in [-0.15, -0.1) is 5.10 Å². The van der Waals surface area contributed by atoms with Gasteiger partial charge in [0.2, 0.25) is 0 Å². The molecular formula is C18H15F6N7O2. The quantitative estimate of drug-likeness (QED) is 0.467. The van der Waals surface area contributed by atoms with E-state index in [2.05, 4.69) is 25.1 Å². The highest BCUT2D eigenvalue weighted by Gasteiger charge is 2.36. The van der Waals surface area contributed by atoms with E-state index in [1.54, 1.807) is 0 Å². The Hall–Kier alpha value is -4.04. The molecule has 0 aliphatic heterocycles. The Bertz CT molecular complexity index is 1140. The number of hydrogen-bond donors (Lipinski definition) is 3. The molecule has 0 atom stereocenters. The van der Waals surface area contributed by atoms with Gasteiger partial charge in [0.25, 0.3) is 11.7 Å². The lowest BCUT2D eigenvalue weighted by Crippen LogP contribution is -2.25. The van der Waals surface area contributed by atoms with E-state index in [1.165, 1.54) is 24.3 Å². The number of nitrogens with zero attached hydrogens (tertiary/aromatic N) is 4. The molecule has 0 saturated heterocycles. The summed E-state index contributed by atoms with van der Waals surface area (Å²) in [5, 5.41) is 5.79. The van der Waals surface area contributed by atoms with Gasteiger partial charge in [-0.2, -0.15) is 26.3 Å². The summed E-state index contributed by atoms with van der Waals surface area (Å²) in [5.74, 6) is -2.70. The number of benzene rings is 1. The van der Waals surface area contributed by atoms with Gasteiger partial charge in [0.05, 0.1) is 5.56 Å². The number of aromatic nitrogens is 4. The number of rotatable bonds is 6. The normalized spacial score (nSPS) is 11.9. The third-order valence-corrected chi connectivity index (χ3v) is 4.08. The maximum absolute atomic E-state index is 12.7. The summed E-state index contributed by atoms with van der Waals surface area (Å²) in [6, 6.07) is 6.59. The minimum absolute atomic E-state index is 0.00918. The molecule has 15 heteroatoms. The zero-order valence-electron chi connectivity index (χ0n) is 16.4. The van der Waals surface area contributed by atoms with Crippen LogP contribution in [0.3, 0.4) is 0 Å². The van der Waals surface area contributed by atoms with Crippen LogP contribution in [0.15, 0.2) is 36.7 Å². The highest BCUT2D eigenvalue weighted by atomic mass is 19.4. The van der Waals surface area contributed by atoms with Crippen molar-refractivity contribution in [2.75, 3.05) is 18.1 Å². The summed E-state index contributed by atoms with van der Waals surface area (Å²) < 4.78 is 80.1. The Kier molecular flexibility index (Phi) is 6.32. The van der Waals surface area contributed by atoms with Crippen LogP contribution in [0.2, 0.25) is 0 Å². The summed E-state index contributed by atoms with van der Waals surface area (Å²) in [4.78, 5) is 19.4. The molecule has 0 fully saturated rings. The van der Waals surface area contributed by atoms with Gasteiger partial charge in [0.1, 0.15) is 23.6 Å². The van der Waals surface area contributed by atoms with Crippen molar-refractivity contribution in [3.05, 3.63) is 53.6 Å². The van der Waals surface area contributed by atoms with E-state index in [0.29, 0.717) is 10.2 Å². The van der Waals surface area contributed by atoms with Crippen molar-refractivity contribution in [1.29, 1.82) is 0 Å². The molecule has 1 aromatic carbocycles. The molecule has 176 valence electrons. The third-order valence-electron chi connectivity index (χ3n) is 4.08. The van der Waals surface area contributed by atoms with E-state index >= 15 is 0 Å². The topological polar surface area (TPSA) is 134 Å². The molecule has 33 heavy (non-hydrogen) atoms. The first-order chi connectivity index (χ1) is 15.3. The Morgan fingerprint density at radius 3 is 2.30 bits per heavy atom. The first-order valence-corrected chi connectivity index (χ1v) is 8.95. The van der Waals surface area contributed by atoms with Gasteiger partial charge in [0.15, 0.2) is 12.4 Å². The Morgan fingerprint density at radius 1 is 1.06 bits per heavy atom. The second-order valence-corrected chi connectivity index (χ2v) is 6.57.